The van der Waals surface area contributed by atoms with Crippen LogP contribution in [0, 0.1) is 0 Å². The number of H-pyrrole nitrogens is 1. The number of carbonyl (C=O) groups excluding carboxylic acids is 1. The number of aromatic amines is 1. The molecule has 172 valence electrons. The van der Waals surface area contributed by atoms with Crippen molar-refractivity contribution in [2.75, 3.05) is 18.4 Å². The number of rotatable bonds is 6. The van der Waals surface area contributed by atoms with Gasteiger partial charge in [-0.25, -0.2) is 9.97 Å². The molecule has 0 aliphatic heterocycles. The summed E-state index contributed by atoms with van der Waals surface area (Å²) in [7, 11) is 0. The van der Waals surface area contributed by atoms with Crippen molar-refractivity contribution in [2.45, 2.75) is 6.04 Å². The maximum atomic E-state index is 13.2. The Hall–Kier alpha value is -4.56. The third-order valence-corrected chi connectivity index (χ3v) is 6.24. The van der Waals surface area contributed by atoms with Gasteiger partial charge >= 0.3 is 0 Å². The highest BCUT2D eigenvalue weighted by atomic mass is 16.1. The second kappa shape index (κ2) is 8.66. The number of hydrogen-bond donors (Lipinski definition) is 4. The van der Waals surface area contributed by atoms with Gasteiger partial charge in [-0.2, -0.15) is 0 Å². The smallest absolute Gasteiger partial charge is 0.253 e. The molecule has 1 unspecified atom stereocenters. The Labute approximate surface area is 201 Å². The zero-order valence-electron chi connectivity index (χ0n) is 18.8. The van der Waals surface area contributed by atoms with Crippen LogP contribution in [0.5, 0.6) is 0 Å². The van der Waals surface area contributed by atoms with Crippen molar-refractivity contribution in [3.63, 3.8) is 0 Å². The zero-order chi connectivity index (χ0) is 23.8. The highest BCUT2D eigenvalue weighted by Crippen LogP contribution is 2.47. The van der Waals surface area contributed by atoms with Gasteiger partial charge in [-0.05, 0) is 40.5 Å². The predicted octanol–water partition coefficient (Wildman–Crippen LogP) is 3.89. The summed E-state index contributed by atoms with van der Waals surface area (Å²) < 4.78 is 0. The molecule has 8 heteroatoms. The molecule has 0 saturated heterocycles. The molecule has 3 heterocycles. The molecule has 1 amide bonds. The number of nitrogens with zero attached hydrogens (tertiary/aromatic N) is 3. The molecule has 5 N–H and O–H groups in total. The van der Waals surface area contributed by atoms with E-state index < -0.39 is 0 Å². The second-order valence-electron chi connectivity index (χ2n) is 8.39. The van der Waals surface area contributed by atoms with E-state index in [1.54, 1.807) is 30.7 Å². The molecule has 0 saturated carbocycles. The van der Waals surface area contributed by atoms with Gasteiger partial charge in [-0.3, -0.25) is 9.78 Å². The lowest BCUT2D eigenvalue weighted by atomic mass is 9.98. The van der Waals surface area contributed by atoms with Gasteiger partial charge < -0.3 is 21.4 Å². The van der Waals surface area contributed by atoms with Gasteiger partial charge in [0.25, 0.3) is 5.91 Å². The van der Waals surface area contributed by atoms with Crippen LogP contribution in [0.4, 0.5) is 5.82 Å². The first-order valence-electron chi connectivity index (χ1n) is 11.5. The van der Waals surface area contributed by atoms with E-state index >= 15 is 0 Å². The highest BCUT2D eigenvalue weighted by Gasteiger charge is 2.32. The van der Waals surface area contributed by atoms with E-state index in [0.717, 1.165) is 44.7 Å². The molecule has 0 bridgehead atoms. The molecule has 2 aromatic carbocycles. The van der Waals surface area contributed by atoms with E-state index in [0.29, 0.717) is 24.5 Å². The maximum Gasteiger partial charge on any atom is 0.253 e. The van der Waals surface area contributed by atoms with Gasteiger partial charge in [0, 0.05) is 31.0 Å². The Balaban J connectivity index is 1.37. The SMILES string of the molecule is NCCNc1ccc(C(=O)NC2c3ccccc3-c3c(-c4nc5ccncc5[nH]4)cccc32)cn1. The van der Waals surface area contributed by atoms with Crippen LogP contribution in [0.1, 0.15) is 27.5 Å². The van der Waals surface area contributed by atoms with Crippen molar-refractivity contribution < 1.29 is 4.79 Å². The first-order valence-corrected chi connectivity index (χ1v) is 11.5. The molecular weight excluding hydrogens is 438 g/mol. The molecule has 8 nitrogen and oxygen atoms in total. The molecule has 1 aliphatic rings. The third kappa shape index (κ3) is 3.70. The summed E-state index contributed by atoms with van der Waals surface area (Å²) in [6.07, 6.45) is 5.09. The van der Waals surface area contributed by atoms with Crippen molar-refractivity contribution in [2.24, 2.45) is 5.73 Å². The van der Waals surface area contributed by atoms with E-state index in [1.807, 2.05) is 24.3 Å². The van der Waals surface area contributed by atoms with Crippen LogP contribution in [-0.2, 0) is 0 Å². The van der Waals surface area contributed by atoms with Gasteiger partial charge in [0.05, 0.1) is 28.8 Å². The van der Waals surface area contributed by atoms with Gasteiger partial charge in [-0.1, -0.05) is 42.5 Å². The second-order valence-corrected chi connectivity index (χ2v) is 8.39. The number of pyridine rings is 2. The minimum Gasteiger partial charge on any atom is -0.369 e. The minimum atomic E-state index is -0.283. The van der Waals surface area contributed by atoms with Gasteiger partial charge in [-0.15, -0.1) is 0 Å². The van der Waals surface area contributed by atoms with Crippen LogP contribution < -0.4 is 16.4 Å². The number of anilines is 1. The number of fused-ring (bicyclic) bond motifs is 4. The Morgan fingerprint density at radius 3 is 2.66 bits per heavy atom. The van der Waals surface area contributed by atoms with E-state index in [1.165, 1.54) is 0 Å². The molecule has 5 aromatic rings. The van der Waals surface area contributed by atoms with Crippen molar-refractivity contribution in [3.8, 4) is 22.5 Å². The van der Waals surface area contributed by atoms with Crippen LogP contribution >= 0.6 is 0 Å². The number of benzene rings is 2. The largest absolute Gasteiger partial charge is 0.369 e. The molecular formula is C27H23N7O. The molecule has 6 rings (SSSR count). The quantitative estimate of drug-likeness (QED) is 0.304. The predicted molar refractivity (Wildman–Crippen MR) is 136 cm³/mol. The standard InChI is InChI=1S/C27H23N7O/c28-11-13-30-23-9-8-16(14-31-23)27(35)34-25-18-5-2-1-4-17(18)24-19(25)6-3-7-20(24)26-32-21-10-12-29-15-22(21)33-26/h1-10,12,14-15,25H,11,13,28H2,(H,30,31)(H,32,33)(H,34,35). The van der Waals surface area contributed by atoms with Crippen LogP contribution in [0.3, 0.4) is 0 Å². The number of imidazole rings is 1. The monoisotopic (exact) mass is 461 g/mol. The summed E-state index contributed by atoms with van der Waals surface area (Å²) in [4.78, 5) is 29.9. The number of amides is 1. The molecule has 0 fully saturated rings. The Morgan fingerprint density at radius 2 is 1.83 bits per heavy atom. The fraction of sp³-hybridized carbons (Fsp3) is 0.111. The average Bonchev–Trinajstić information content (AvgIpc) is 3.47. The van der Waals surface area contributed by atoms with E-state index in [9.17, 15) is 4.79 Å². The first kappa shape index (κ1) is 21.0. The van der Waals surface area contributed by atoms with Crippen molar-refractivity contribution >= 4 is 22.8 Å². The summed E-state index contributed by atoms with van der Waals surface area (Å²) in [5.41, 5.74) is 13.0. The molecule has 1 atom stereocenters. The number of carbonyl (C=O) groups is 1. The minimum absolute atomic E-state index is 0.184. The van der Waals surface area contributed by atoms with Gasteiger partial charge in [0.15, 0.2) is 0 Å². The fourth-order valence-corrected chi connectivity index (χ4v) is 4.64. The summed E-state index contributed by atoms with van der Waals surface area (Å²) in [6, 6.07) is 19.4. The number of nitrogens with two attached hydrogens (primary N) is 1. The van der Waals surface area contributed by atoms with E-state index in [2.05, 4.69) is 49.9 Å². The Morgan fingerprint density at radius 1 is 0.971 bits per heavy atom. The summed E-state index contributed by atoms with van der Waals surface area (Å²) in [5, 5.41) is 6.33. The highest BCUT2D eigenvalue weighted by molar-refractivity contribution is 5.97. The lowest BCUT2D eigenvalue weighted by molar-refractivity contribution is 0.0943. The van der Waals surface area contributed by atoms with Crippen molar-refractivity contribution in [1.82, 2.24) is 25.3 Å². The maximum absolute atomic E-state index is 13.2. The molecule has 0 radical (unpaired) electrons. The number of hydrogen-bond acceptors (Lipinski definition) is 6. The Bertz CT molecular complexity index is 1510. The number of nitrogens with one attached hydrogen (secondary N) is 3. The lowest BCUT2D eigenvalue weighted by Gasteiger charge is -2.16. The van der Waals surface area contributed by atoms with Crippen molar-refractivity contribution in [3.05, 3.63) is 95.9 Å². The average molecular weight is 462 g/mol. The van der Waals surface area contributed by atoms with Crippen LogP contribution in [-0.4, -0.2) is 38.9 Å². The van der Waals surface area contributed by atoms with Crippen LogP contribution in [0.15, 0.2) is 79.3 Å². The van der Waals surface area contributed by atoms with Crippen molar-refractivity contribution in [1.29, 1.82) is 0 Å². The Kier molecular flexibility index (Phi) is 5.20. The fourth-order valence-electron chi connectivity index (χ4n) is 4.64. The molecule has 1 aliphatic carbocycles. The van der Waals surface area contributed by atoms with E-state index in [-0.39, 0.29) is 11.9 Å². The zero-order valence-corrected chi connectivity index (χ0v) is 18.8. The van der Waals surface area contributed by atoms with Gasteiger partial charge in [0.1, 0.15) is 11.6 Å². The van der Waals surface area contributed by atoms with Crippen LogP contribution in [0.25, 0.3) is 33.5 Å². The molecule has 35 heavy (non-hydrogen) atoms. The first-order chi connectivity index (χ1) is 17.2. The number of aromatic nitrogens is 4. The summed E-state index contributed by atoms with van der Waals surface area (Å²) >= 11 is 0. The van der Waals surface area contributed by atoms with Gasteiger partial charge in [0.2, 0.25) is 0 Å². The van der Waals surface area contributed by atoms with Crippen LogP contribution in [0.2, 0.25) is 0 Å². The lowest BCUT2D eigenvalue weighted by Crippen LogP contribution is -2.28. The normalized spacial score (nSPS) is 13.9. The summed E-state index contributed by atoms with van der Waals surface area (Å²) in [5.74, 6) is 1.28. The third-order valence-electron chi connectivity index (χ3n) is 6.24. The van der Waals surface area contributed by atoms with E-state index in [4.69, 9.17) is 10.7 Å². The summed E-state index contributed by atoms with van der Waals surface area (Å²) in [6.45, 7) is 1.13. The topological polar surface area (TPSA) is 122 Å². The molecule has 3 aromatic heterocycles. The molecule has 0 spiro atoms.